The van der Waals surface area contributed by atoms with Gasteiger partial charge in [0, 0.05) is 36.9 Å². The SMILES string of the molecule is C=C(NC(Cc1ccc(-n2c(=O)c3cc([N+](=O)[O-])ccc3n(C)c2=S)cc1)C(=O)O)c1c(Cl)cccc1Cl. The summed E-state index contributed by atoms with van der Waals surface area (Å²) in [7, 11) is 1.67. The Labute approximate surface area is 231 Å². The number of hydrogen-bond donors (Lipinski definition) is 2. The summed E-state index contributed by atoms with van der Waals surface area (Å²) in [4.78, 5) is 35.9. The molecule has 0 amide bonds. The van der Waals surface area contributed by atoms with E-state index in [9.17, 15) is 24.8 Å². The quantitative estimate of drug-likeness (QED) is 0.162. The van der Waals surface area contributed by atoms with Gasteiger partial charge < -0.3 is 15.0 Å². The Morgan fingerprint density at radius 2 is 1.79 bits per heavy atom. The van der Waals surface area contributed by atoms with Gasteiger partial charge in [-0.25, -0.2) is 4.79 Å². The van der Waals surface area contributed by atoms with Crippen LogP contribution >= 0.6 is 35.4 Å². The number of benzene rings is 3. The summed E-state index contributed by atoms with van der Waals surface area (Å²) in [5.41, 5.74) is 1.53. The van der Waals surface area contributed by atoms with E-state index in [0.29, 0.717) is 32.4 Å². The van der Waals surface area contributed by atoms with Crippen molar-refractivity contribution in [3.63, 3.8) is 0 Å². The standard InChI is InChI=1S/C26H20Cl2N4O5S/c1-14(23-19(27)4-3-5-20(23)28)29-21(25(34)35)12-15-6-8-16(9-7-15)31-24(33)18-13-17(32(36)37)10-11-22(18)30(2)26(31)38/h3-11,13,21,29H,1,12H2,2H3,(H,34,35). The van der Waals surface area contributed by atoms with Crippen LogP contribution in [0.3, 0.4) is 0 Å². The number of aromatic nitrogens is 2. The number of carboxylic acids is 1. The van der Waals surface area contributed by atoms with Gasteiger partial charge in [-0.3, -0.25) is 19.5 Å². The number of nitro groups is 1. The number of rotatable bonds is 8. The van der Waals surface area contributed by atoms with Crippen LogP contribution in [0.25, 0.3) is 22.3 Å². The molecule has 0 bridgehead atoms. The van der Waals surface area contributed by atoms with E-state index in [1.54, 1.807) is 54.1 Å². The summed E-state index contributed by atoms with van der Waals surface area (Å²) in [6.45, 7) is 3.90. The third kappa shape index (κ3) is 5.19. The molecule has 1 heterocycles. The Hall–Kier alpha value is -3.99. The molecule has 9 nitrogen and oxygen atoms in total. The number of carboxylic acid groups (broad SMARTS) is 1. The van der Waals surface area contributed by atoms with Gasteiger partial charge in [-0.2, -0.15) is 0 Å². The number of nitrogens with zero attached hydrogens (tertiary/aromatic N) is 3. The normalized spacial score (nSPS) is 11.8. The first-order chi connectivity index (χ1) is 18.0. The van der Waals surface area contributed by atoms with Gasteiger partial charge in [-0.05, 0) is 48.1 Å². The number of non-ortho nitro benzene ring substituents is 1. The second-order valence-electron chi connectivity index (χ2n) is 8.42. The molecule has 4 aromatic rings. The predicted molar refractivity (Wildman–Crippen MR) is 150 cm³/mol. The Kier molecular flexibility index (Phi) is 7.68. The zero-order valence-electron chi connectivity index (χ0n) is 19.9. The number of aliphatic carboxylic acids is 1. The Bertz CT molecular complexity index is 1710. The lowest BCUT2D eigenvalue weighted by molar-refractivity contribution is -0.384. The van der Waals surface area contributed by atoms with Crippen LogP contribution in [-0.2, 0) is 18.3 Å². The summed E-state index contributed by atoms with van der Waals surface area (Å²) in [6.07, 6.45) is 0.0873. The van der Waals surface area contributed by atoms with Crippen LogP contribution in [0.2, 0.25) is 10.0 Å². The molecule has 0 saturated carbocycles. The first kappa shape index (κ1) is 27.1. The van der Waals surface area contributed by atoms with E-state index in [0.717, 1.165) is 0 Å². The Morgan fingerprint density at radius 3 is 2.37 bits per heavy atom. The van der Waals surface area contributed by atoms with Gasteiger partial charge in [0.15, 0.2) is 4.77 Å². The van der Waals surface area contributed by atoms with Crippen LogP contribution in [0.5, 0.6) is 0 Å². The third-order valence-corrected chi connectivity index (χ3v) is 7.10. The second kappa shape index (κ2) is 10.8. The van der Waals surface area contributed by atoms with Crippen molar-refractivity contribution >= 4 is 63.7 Å². The van der Waals surface area contributed by atoms with Crippen molar-refractivity contribution in [1.29, 1.82) is 0 Å². The highest BCUT2D eigenvalue weighted by atomic mass is 35.5. The molecule has 2 N–H and O–H groups in total. The minimum Gasteiger partial charge on any atom is -0.480 e. The lowest BCUT2D eigenvalue weighted by Crippen LogP contribution is -2.37. The molecular weight excluding hydrogens is 551 g/mol. The molecule has 0 aliphatic carbocycles. The van der Waals surface area contributed by atoms with Crippen molar-refractivity contribution in [2.24, 2.45) is 7.05 Å². The van der Waals surface area contributed by atoms with Gasteiger partial charge in [-0.15, -0.1) is 0 Å². The molecular formula is C26H20Cl2N4O5S. The first-order valence-corrected chi connectivity index (χ1v) is 12.3. The van der Waals surface area contributed by atoms with Crippen molar-refractivity contribution in [1.82, 2.24) is 14.5 Å². The molecule has 0 fully saturated rings. The number of carbonyl (C=O) groups is 1. The number of halogens is 2. The minimum absolute atomic E-state index is 0.0873. The van der Waals surface area contributed by atoms with E-state index in [-0.39, 0.29) is 28.0 Å². The zero-order valence-corrected chi connectivity index (χ0v) is 22.2. The molecule has 0 aliphatic heterocycles. The highest BCUT2D eigenvalue weighted by Gasteiger charge is 2.21. The number of aryl methyl sites for hydroxylation is 1. The summed E-state index contributed by atoms with van der Waals surface area (Å²) in [5, 5.41) is 24.7. The van der Waals surface area contributed by atoms with Gasteiger partial charge in [0.1, 0.15) is 6.04 Å². The van der Waals surface area contributed by atoms with E-state index in [4.69, 9.17) is 35.4 Å². The number of nitrogens with one attached hydrogen (secondary N) is 1. The molecule has 0 spiro atoms. The summed E-state index contributed by atoms with van der Waals surface area (Å²) in [5.74, 6) is -1.11. The van der Waals surface area contributed by atoms with Gasteiger partial charge in [0.25, 0.3) is 11.2 Å². The van der Waals surface area contributed by atoms with Crippen molar-refractivity contribution in [2.45, 2.75) is 12.5 Å². The fourth-order valence-corrected chi connectivity index (χ4v) is 4.99. The molecule has 1 aromatic heterocycles. The van der Waals surface area contributed by atoms with Crippen molar-refractivity contribution < 1.29 is 14.8 Å². The zero-order chi connectivity index (χ0) is 27.7. The molecule has 0 radical (unpaired) electrons. The molecule has 12 heteroatoms. The van der Waals surface area contributed by atoms with Gasteiger partial charge >= 0.3 is 5.97 Å². The van der Waals surface area contributed by atoms with Gasteiger partial charge in [-0.1, -0.05) is 48.0 Å². The lowest BCUT2D eigenvalue weighted by atomic mass is 10.0. The van der Waals surface area contributed by atoms with Crippen molar-refractivity contribution in [3.8, 4) is 5.69 Å². The second-order valence-corrected chi connectivity index (χ2v) is 9.60. The monoisotopic (exact) mass is 570 g/mol. The van der Waals surface area contributed by atoms with Crippen molar-refractivity contribution in [3.05, 3.63) is 114 Å². The molecule has 1 atom stereocenters. The van der Waals surface area contributed by atoms with Crippen molar-refractivity contribution in [2.75, 3.05) is 0 Å². The maximum Gasteiger partial charge on any atom is 0.326 e. The molecule has 4 rings (SSSR count). The fourth-order valence-electron chi connectivity index (χ4n) is 4.07. The summed E-state index contributed by atoms with van der Waals surface area (Å²) in [6, 6.07) is 14.5. The first-order valence-electron chi connectivity index (χ1n) is 11.1. The van der Waals surface area contributed by atoms with Crippen LogP contribution in [0.1, 0.15) is 11.1 Å². The molecule has 1 unspecified atom stereocenters. The molecule has 194 valence electrons. The van der Waals surface area contributed by atoms with E-state index in [2.05, 4.69) is 11.9 Å². The Balaban J connectivity index is 1.65. The molecule has 38 heavy (non-hydrogen) atoms. The molecule has 0 saturated heterocycles. The minimum atomic E-state index is -1.11. The Morgan fingerprint density at radius 1 is 1.16 bits per heavy atom. The van der Waals surface area contributed by atoms with Crippen LogP contribution < -0.4 is 10.9 Å². The molecule has 3 aromatic carbocycles. The molecule has 0 aliphatic rings. The van der Waals surface area contributed by atoms with Gasteiger partial charge in [0.2, 0.25) is 0 Å². The van der Waals surface area contributed by atoms with Gasteiger partial charge in [0.05, 0.1) is 31.6 Å². The highest BCUT2D eigenvalue weighted by molar-refractivity contribution is 7.71. The highest BCUT2D eigenvalue weighted by Crippen LogP contribution is 2.29. The topological polar surface area (TPSA) is 119 Å². The van der Waals surface area contributed by atoms with E-state index in [1.807, 2.05) is 0 Å². The van der Waals surface area contributed by atoms with Crippen LogP contribution in [-0.4, -0.2) is 31.2 Å². The number of nitro benzene ring substituents is 1. The van der Waals surface area contributed by atoms with E-state index < -0.39 is 22.5 Å². The smallest absolute Gasteiger partial charge is 0.326 e. The number of hydrogen-bond acceptors (Lipinski definition) is 6. The maximum absolute atomic E-state index is 13.3. The van der Waals surface area contributed by atoms with Crippen LogP contribution in [0.4, 0.5) is 5.69 Å². The van der Waals surface area contributed by atoms with Crippen LogP contribution in [0.15, 0.2) is 72.0 Å². The largest absolute Gasteiger partial charge is 0.480 e. The fraction of sp³-hybridized carbons (Fsp3) is 0.115. The van der Waals surface area contributed by atoms with Crippen LogP contribution in [0, 0.1) is 14.9 Å². The summed E-state index contributed by atoms with van der Waals surface area (Å²) >= 11 is 17.9. The predicted octanol–water partition coefficient (Wildman–Crippen LogP) is 5.53. The maximum atomic E-state index is 13.3. The summed E-state index contributed by atoms with van der Waals surface area (Å²) < 4.78 is 3.07. The number of fused-ring (bicyclic) bond motifs is 1. The average Bonchev–Trinajstić information content (AvgIpc) is 2.87. The van der Waals surface area contributed by atoms with E-state index >= 15 is 0 Å². The third-order valence-electron chi connectivity index (χ3n) is 6.01. The average molecular weight is 571 g/mol. The lowest BCUT2D eigenvalue weighted by Gasteiger charge is -2.19. The van der Waals surface area contributed by atoms with E-state index in [1.165, 1.54) is 22.8 Å².